The number of benzene rings is 1. The topological polar surface area (TPSA) is 20.2 Å². The van der Waals surface area contributed by atoms with Crippen molar-refractivity contribution in [3.05, 3.63) is 27.7 Å². The number of aromatic hydroxyl groups is 1. The maximum absolute atomic E-state index is 9.92. The maximum atomic E-state index is 9.92. The van der Waals surface area contributed by atoms with Gasteiger partial charge in [0.1, 0.15) is 5.75 Å². The maximum Gasteiger partial charge on any atom is 0.130 e. The van der Waals surface area contributed by atoms with Gasteiger partial charge in [-0.1, -0.05) is 13.3 Å². The van der Waals surface area contributed by atoms with Crippen molar-refractivity contribution in [1.82, 2.24) is 0 Å². The van der Waals surface area contributed by atoms with Gasteiger partial charge in [0.25, 0.3) is 0 Å². The number of phenols is 1. The van der Waals surface area contributed by atoms with Crippen molar-refractivity contribution in [2.75, 3.05) is 0 Å². The van der Waals surface area contributed by atoms with Crippen LogP contribution in [0.25, 0.3) is 0 Å². The third kappa shape index (κ3) is 1.80. The molecule has 4 rings (SSSR count). The Kier molecular flexibility index (Phi) is 2.96. The molecular formula is C18H23BrO. The van der Waals surface area contributed by atoms with Crippen molar-refractivity contribution in [3.8, 4) is 5.75 Å². The van der Waals surface area contributed by atoms with Gasteiger partial charge in [0.2, 0.25) is 0 Å². The predicted octanol–water partition coefficient (Wildman–Crippen LogP) is 5.40. The van der Waals surface area contributed by atoms with Crippen LogP contribution in [0.4, 0.5) is 0 Å². The van der Waals surface area contributed by atoms with Gasteiger partial charge in [0.05, 0.1) is 4.47 Å². The number of hydrogen-bond acceptors (Lipinski definition) is 1. The number of aryl methyl sites for hydroxylation is 1. The molecule has 0 radical (unpaired) electrons. The Morgan fingerprint density at radius 3 is 2.90 bits per heavy atom. The van der Waals surface area contributed by atoms with Crippen molar-refractivity contribution < 1.29 is 5.11 Å². The molecule has 0 aliphatic heterocycles. The smallest absolute Gasteiger partial charge is 0.130 e. The van der Waals surface area contributed by atoms with Crippen LogP contribution in [-0.2, 0) is 6.42 Å². The van der Waals surface area contributed by atoms with E-state index in [2.05, 4.69) is 28.9 Å². The molecule has 0 aromatic heterocycles. The highest BCUT2D eigenvalue weighted by Crippen LogP contribution is 2.61. The quantitative estimate of drug-likeness (QED) is 0.673. The van der Waals surface area contributed by atoms with Gasteiger partial charge >= 0.3 is 0 Å². The second-order valence-electron chi connectivity index (χ2n) is 7.50. The van der Waals surface area contributed by atoms with E-state index in [0.717, 1.165) is 28.6 Å². The SMILES string of the molecule is C[C@@]12CCC[C@H]1[C@@H]1CCc3cc(O)c(Br)cc3[C@H]1CC2. The van der Waals surface area contributed by atoms with Crippen LogP contribution >= 0.6 is 15.9 Å². The zero-order chi connectivity index (χ0) is 13.9. The molecule has 0 amide bonds. The fourth-order valence-electron chi connectivity index (χ4n) is 5.57. The van der Waals surface area contributed by atoms with Crippen LogP contribution in [0.5, 0.6) is 5.75 Å². The lowest BCUT2D eigenvalue weighted by atomic mass is 9.56. The number of phenolic OH excluding ortho intramolecular Hbond substituents is 1. The first-order valence-electron chi connectivity index (χ1n) is 8.10. The van der Waals surface area contributed by atoms with E-state index in [0.29, 0.717) is 11.2 Å². The average Bonchev–Trinajstić information content (AvgIpc) is 2.82. The van der Waals surface area contributed by atoms with E-state index in [1.54, 1.807) is 0 Å². The third-order valence-electron chi connectivity index (χ3n) is 6.57. The van der Waals surface area contributed by atoms with Crippen LogP contribution in [0.15, 0.2) is 16.6 Å². The lowest BCUT2D eigenvalue weighted by molar-refractivity contribution is 0.0598. The Morgan fingerprint density at radius 1 is 1.20 bits per heavy atom. The minimum Gasteiger partial charge on any atom is -0.507 e. The molecule has 1 aromatic carbocycles. The number of fused-ring (bicyclic) bond motifs is 5. The van der Waals surface area contributed by atoms with Crippen LogP contribution in [0.2, 0.25) is 0 Å². The van der Waals surface area contributed by atoms with E-state index in [1.165, 1.54) is 49.7 Å². The van der Waals surface area contributed by atoms with Gasteiger partial charge in [0, 0.05) is 0 Å². The highest BCUT2D eigenvalue weighted by atomic mass is 79.9. The van der Waals surface area contributed by atoms with E-state index in [-0.39, 0.29) is 0 Å². The molecule has 2 saturated carbocycles. The zero-order valence-electron chi connectivity index (χ0n) is 12.2. The first-order chi connectivity index (χ1) is 9.58. The summed E-state index contributed by atoms with van der Waals surface area (Å²) in [5, 5.41) is 9.92. The predicted molar refractivity (Wildman–Crippen MR) is 85.0 cm³/mol. The van der Waals surface area contributed by atoms with Crippen molar-refractivity contribution in [2.24, 2.45) is 17.3 Å². The number of hydrogen-bond donors (Lipinski definition) is 1. The van der Waals surface area contributed by atoms with Gasteiger partial charge in [-0.05, 0) is 101 Å². The molecule has 3 aliphatic carbocycles. The van der Waals surface area contributed by atoms with Gasteiger partial charge in [-0.15, -0.1) is 0 Å². The van der Waals surface area contributed by atoms with Crippen molar-refractivity contribution in [3.63, 3.8) is 0 Å². The van der Waals surface area contributed by atoms with E-state index in [9.17, 15) is 5.11 Å². The Labute approximate surface area is 129 Å². The number of halogens is 1. The zero-order valence-corrected chi connectivity index (χ0v) is 13.7. The Hall–Kier alpha value is -0.500. The molecule has 108 valence electrons. The van der Waals surface area contributed by atoms with Gasteiger partial charge in [-0.2, -0.15) is 0 Å². The molecule has 1 N–H and O–H groups in total. The summed E-state index contributed by atoms with van der Waals surface area (Å²) in [5.41, 5.74) is 3.56. The van der Waals surface area contributed by atoms with E-state index < -0.39 is 0 Å². The summed E-state index contributed by atoms with van der Waals surface area (Å²) in [6.07, 6.45) is 9.58. The first-order valence-corrected chi connectivity index (χ1v) is 8.89. The van der Waals surface area contributed by atoms with E-state index >= 15 is 0 Å². The molecule has 20 heavy (non-hydrogen) atoms. The average molecular weight is 335 g/mol. The van der Waals surface area contributed by atoms with Gasteiger partial charge in [-0.25, -0.2) is 0 Å². The summed E-state index contributed by atoms with van der Waals surface area (Å²) >= 11 is 3.51. The molecule has 2 fully saturated rings. The first kappa shape index (κ1) is 13.2. The van der Waals surface area contributed by atoms with Crippen molar-refractivity contribution >= 4 is 15.9 Å². The lowest BCUT2D eigenvalue weighted by Gasteiger charge is -2.49. The molecule has 1 aromatic rings. The Balaban J connectivity index is 1.74. The fourth-order valence-corrected chi connectivity index (χ4v) is 5.93. The molecule has 1 nitrogen and oxygen atoms in total. The normalized spacial score (nSPS) is 39.0. The third-order valence-corrected chi connectivity index (χ3v) is 7.21. The Bertz CT molecular complexity index is 553. The minimum atomic E-state index is 0.406. The molecule has 0 unspecified atom stereocenters. The molecule has 0 heterocycles. The summed E-state index contributed by atoms with van der Waals surface area (Å²) in [5.74, 6) is 2.98. The number of rotatable bonds is 0. The van der Waals surface area contributed by atoms with Crippen molar-refractivity contribution in [2.45, 2.75) is 57.8 Å². The standard InChI is InChI=1S/C18H23BrO/c1-18-7-2-3-15(18)13-5-4-11-9-17(20)16(19)10-14(11)12(13)6-8-18/h9-10,12-13,15,20H,2-8H2,1H3/t12-,13+,15-,18-/m0/s1. The van der Waals surface area contributed by atoms with Gasteiger partial charge < -0.3 is 5.11 Å². The molecule has 2 heteroatoms. The summed E-state index contributed by atoms with van der Waals surface area (Å²) in [6, 6.07) is 4.21. The minimum absolute atomic E-state index is 0.406. The second kappa shape index (κ2) is 4.50. The molecule has 0 saturated heterocycles. The van der Waals surface area contributed by atoms with Gasteiger partial charge in [0.15, 0.2) is 0 Å². The fraction of sp³-hybridized carbons (Fsp3) is 0.667. The largest absolute Gasteiger partial charge is 0.507 e. The van der Waals surface area contributed by atoms with Crippen LogP contribution in [0.1, 0.15) is 62.5 Å². The monoisotopic (exact) mass is 334 g/mol. The van der Waals surface area contributed by atoms with Gasteiger partial charge in [-0.3, -0.25) is 0 Å². The van der Waals surface area contributed by atoms with Crippen LogP contribution < -0.4 is 0 Å². The summed E-state index contributed by atoms with van der Waals surface area (Å²) in [6.45, 7) is 2.54. The Morgan fingerprint density at radius 2 is 2.05 bits per heavy atom. The van der Waals surface area contributed by atoms with Crippen molar-refractivity contribution in [1.29, 1.82) is 0 Å². The summed E-state index contributed by atoms with van der Waals surface area (Å²) in [4.78, 5) is 0. The molecule has 4 atom stereocenters. The van der Waals surface area contributed by atoms with Crippen LogP contribution in [0, 0.1) is 17.3 Å². The highest BCUT2D eigenvalue weighted by molar-refractivity contribution is 9.10. The summed E-state index contributed by atoms with van der Waals surface area (Å²) < 4.78 is 0.872. The second-order valence-corrected chi connectivity index (χ2v) is 8.36. The summed E-state index contributed by atoms with van der Waals surface area (Å²) in [7, 11) is 0. The van der Waals surface area contributed by atoms with Crippen LogP contribution in [0.3, 0.4) is 0 Å². The molecule has 3 aliphatic rings. The molecular weight excluding hydrogens is 312 g/mol. The lowest BCUT2D eigenvalue weighted by Crippen LogP contribution is -2.39. The molecule has 0 bridgehead atoms. The van der Waals surface area contributed by atoms with Crippen LogP contribution in [-0.4, -0.2) is 5.11 Å². The van der Waals surface area contributed by atoms with E-state index in [4.69, 9.17) is 0 Å². The van der Waals surface area contributed by atoms with E-state index in [1.807, 2.05) is 6.07 Å². The molecule has 0 spiro atoms. The highest BCUT2D eigenvalue weighted by Gasteiger charge is 2.50.